The van der Waals surface area contributed by atoms with E-state index in [9.17, 15) is 4.79 Å². The molecule has 2 heterocycles. The van der Waals surface area contributed by atoms with E-state index < -0.39 is 0 Å². The van der Waals surface area contributed by atoms with Crippen LogP contribution in [0.2, 0.25) is 0 Å². The van der Waals surface area contributed by atoms with E-state index in [1.54, 1.807) is 4.90 Å². The molecule has 1 saturated heterocycles. The molecular weight excluding hydrogens is 240 g/mol. The van der Waals surface area contributed by atoms with Gasteiger partial charge in [-0.1, -0.05) is 18.2 Å². The number of benzene rings is 1. The van der Waals surface area contributed by atoms with Gasteiger partial charge in [0.2, 0.25) is 5.91 Å². The van der Waals surface area contributed by atoms with Crippen LogP contribution in [0.4, 0.5) is 0 Å². The van der Waals surface area contributed by atoms with Crippen LogP contribution < -0.4 is 10.5 Å². The predicted octanol–water partition coefficient (Wildman–Crippen LogP) is 1.63. The number of amides is 1. The molecule has 1 aromatic carbocycles. The summed E-state index contributed by atoms with van der Waals surface area (Å²) < 4.78 is 6.08. The van der Waals surface area contributed by atoms with Crippen molar-refractivity contribution in [3.8, 4) is 5.75 Å². The van der Waals surface area contributed by atoms with Gasteiger partial charge in [0.25, 0.3) is 0 Å². The number of carbonyl (C=O) groups is 1. The van der Waals surface area contributed by atoms with E-state index in [2.05, 4.69) is 19.9 Å². The van der Waals surface area contributed by atoms with Crippen LogP contribution in [0.25, 0.3) is 0 Å². The Labute approximate surface area is 113 Å². The van der Waals surface area contributed by atoms with Crippen LogP contribution in [0.15, 0.2) is 18.2 Å². The minimum Gasteiger partial charge on any atom is -0.487 e. The Bertz CT molecular complexity index is 539. The van der Waals surface area contributed by atoms with E-state index in [1.807, 2.05) is 19.2 Å². The van der Waals surface area contributed by atoms with Gasteiger partial charge in [-0.05, 0) is 19.4 Å². The Hall–Kier alpha value is -1.55. The van der Waals surface area contributed by atoms with Crippen molar-refractivity contribution < 1.29 is 9.53 Å². The zero-order chi connectivity index (χ0) is 13.8. The van der Waals surface area contributed by atoms with E-state index in [-0.39, 0.29) is 23.6 Å². The molecule has 0 saturated carbocycles. The molecule has 0 radical (unpaired) electrons. The minimum atomic E-state index is -0.177. The Kier molecular flexibility index (Phi) is 2.61. The summed E-state index contributed by atoms with van der Waals surface area (Å²) in [7, 11) is 1.82. The number of ether oxygens (including phenoxy) is 1. The van der Waals surface area contributed by atoms with Crippen molar-refractivity contribution in [1.29, 1.82) is 0 Å². The summed E-state index contributed by atoms with van der Waals surface area (Å²) in [5.74, 6) is 1.03. The van der Waals surface area contributed by atoms with Gasteiger partial charge in [-0.3, -0.25) is 4.79 Å². The monoisotopic (exact) mass is 260 g/mol. The largest absolute Gasteiger partial charge is 0.487 e. The van der Waals surface area contributed by atoms with Crippen LogP contribution in [-0.2, 0) is 11.2 Å². The van der Waals surface area contributed by atoms with Gasteiger partial charge < -0.3 is 15.4 Å². The first kappa shape index (κ1) is 12.5. The molecule has 4 nitrogen and oxygen atoms in total. The second kappa shape index (κ2) is 3.97. The van der Waals surface area contributed by atoms with Crippen LogP contribution in [0.3, 0.4) is 0 Å². The van der Waals surface area contributed by atoms with Crippen molar-refractivity contribution in [3.05, 3.63) is 29.3 Å². The highest BCUT2D eigenvalue weighted by Crippen LogP contribution is 2.43. The third kappa shape index (κ3) is 1.91. The Morgan fingerprint density at radius 2 is 2.16 bits per heavy atom. The fraction of sp³-hybridized carbons (Fsp3) is 0.533. The van der Waals surface area contributed by atoms with Gasteiger partial charge in [0, 0.05) is 31.5 Å². The summed E-state index contributed by atoms with van der Waals surface area (Å²) in [6.45, 7) is 4.17. The number of carbonyl (C=O) groups excluding carboxylic acids is 1. The quantitative estimate of drug-likeness (QED) is 0.835. The lowest BCUT2D eigenvalue weighted by Crippen LogP contribution is -2.31. The second-order valence-electron chi connectivity index (χ2n) is 6.19. The standard InChI is InChI=1S/C15H20N2O2/c1-15(2)8-9-5-4-6-10(14(9)19-15)13-11(16)7-12(18)17(13)3/h4-6,11,13H,7-8,16H2,1-3H3. The lowest BCUT2D eigenvalue weighted by molar-refractivity contribution is -0.127. The molecule has 3 rings (SSSR count). The van der Waals surface area contributed by atoms with Crippen molar-refractivity contribution in [2.45, 2.75) is 44.4 Å². The van der Waals surface area contributed by atoms with Crippen molar-refractivity contribution in [3.63, 3.8) is 0 Å². The summed E-state index contributed by atoms with van der Waals surface area (Å²) in [6.07, 6.45) is 1.31. The first-order valence-corrected chi connectivity index (χ1v) is 6.71. The fourth-order valence-electron chi connectivity index (χ4n) is 3.21. The zero-order valence-electron chi connectivity index (χ0n) is 11.6. The van der Waals surface area contributed by atoms with Gasteiger partial charge in [-0.25, -0.2) is 0 Å². The summed E-state index contributed by atoms with van der Waals surface area (Å²) in [5, 5.41) is 0. The number of hydrogen-bond acceptors (Lipinski definition) is 3. The van der Waals surface area contributed by atoms with E-state index in [0.29, 0.717) is 6.42 Å². The van der Waals surface area contributed by atoms with Crippen LogP contribution in [0.5, 0.6) is 5.75 Å². The highest BCUT2D eigenvalue weighted by molar-refractivity contribution is 5.80. The van der Waals surface area contributed by atoms with E-state index >= 15 is 0 Å². The van der Waals surface area contributed by atoms with Crippen LogP contribution in [0, 0.1) is 0 Å². The third-order valence-electron chi connectivity index (χ3n) is 4.07. The average Bonchev–Trinajstić information content (AvgIpc) is 2.75. The minimum absolute atomic E-state index is 0.0728. The number of hydrogen-bond donors (Lipinski definition) is 1. The molecule has 2 aliphatic rings. The highest BCUT2D eigenvalue weighted by Gasteiger charge is 2.40. The molecular formula is C15H20N2O2. The molecule has 0 spiro atoms. The van der Waals surface area contributed by atoms with E-state index in [0.717, 1.165) is 17.7 Å². The summed E-state index contributed by atoms with van der Waals surface area (Å²) in [4.78, 5) is 13.5. The number of para-hydroxylation sites is 1. The number of likely N-dealkylation sites (N-methyl/N-ethyl adjacent to an activating group) is 1. The molecule has 2 aliphatic heterocycles. The van der Waals surface area contributed by atoms with Gasteiger partial charge in [-0.2, -0.15) is 0 Å². The van der Waals surface area contributed by atoms with Crippen molar-refractivity contribution in [2.24, 2.45) is 5.73 Å². The molecule has 2 N–H and O–H groups in total. The van der Waals surface area contributed by atoms with Crippen LogP contribution in [0.1, 0.15) is 37.4 Å². The normalized spacial score (nSPS) is 28.4. The zero-order valence-corrected chi connectivity index (χ0v) is 11.6. The summed E-state index contributed by atoms with van der Waals surface area (Å²) >= 11 is 0. The van der Waals surface area contributed by atoms with Gasteiger partial charge in [0.05, 0.1) is 6.04 Å². The maximum Gasteiger partial charge on any atom is 0.224 e. The molecule has 1 fully saturated rings. The van der Waals surface area contributed by atoms with Crippen molar-refractivity contribution in [2.75, 3.05) is 7.05 Å². The maximum atomic E-state index is 11.8. The van der Waals surface area contributed by atoms with Crippen LogP contribution >= 0.6 is 0 Å². The average molecular weight is 260 g/mol. The van der Waals surface area contributed by atoms with Crippen molar-refractivity contribution in [1.82, 2.24) is 4.90 Å². The highest BCUT2D eigenvalue weighted by atomic mass is 16.5. The van der Waals surface area contributed by atoms with E-state index in [1.165, 1.54) is 5.56 Å². The van der Waals surface area contributed by atoms with Gasteiger partial charge in [0.1, 0.15) is 11.4 Å². The molecule has 1 aromatic rings. The lowest BCUT2D eigenvalue weighted by atomic mass is 9.95. The summed E-state index contributed by atoms with van der Waals surface area (Å²) in [5.41, 5.74) is 8.21. The Morgan fingerprint density at radius 1 is 1.42 bits per heavy atom. The predicted molar refractivity (Wildman–Crippen MR) is 73.0 cm³/mol. The first-order valence-electron chi connectivity index (χ1n) is 6.71. The topological polar surface area (TPSA) is 55.6 Å². The molecule has 102 valence electrons. The van der Waals surface area contributed by atoms with Crippen molar-refractivity contribution >= 4 is 5.91 Å². The molecule has 2 unspecified atom stereocenters. The van der Waals surface area contributed by atoms with Gasteiger partial charge in [-0.15, -0.1) is 0 Å². The Balaban J connectivity index is 2.04. The molecule has 2 atom stereocenters. The first-order chi connectivity index (χ1) is 8.89. The van der Waals surface area contributed by atoms with Gasteiger partial charge >= 0.3 is 0 Å². The molecule has 0 aliphatic carbocycles. The number of rotatable bonds is 1. The number of fused-ring (bicyclic) bond motifs is 1. The second-order valence-corrected chi connectivity index (χ2v) is 6.19. The SMILES string of the molecule is CN1C(=O)CC(N)C1c1cccc2c1OC(C)(C)C2. The fourth-order valence-corrected chi connectivity index (χ4v) is 3.21. The number of likely N-dealkylation sites (tertiary alicyclic amines) is 1. The molecule has 0 aromatic heterocycles. The molecule has 0 bridgehead atoms. The molecule has 1 amide bonds. The summed E-state index contributed by atoms with van der Waals surface area (Å²) in [6, 6.07) is 5.92. The Morgan fingerprint density at radius 3 is 2.79 bits per heavy atom. The van der Waals surface area contributed by atoms with Gasteiger partial charge in [0.15, 0.2) is 0 Å². The molecule has 4 heteroatoms. The van der Waals surface area contributed by atoms with E-state index in [4.69, 9.17) is 10.5 Å². The van der Waals surface area contributed by atoms with Crippen LogP contribution in [-0.4, -0.2) is 29.5 Å². The number of nitrogens with zero attached hydrogens (tertiary/aromatic N) is 1. The number of nitrogens with two attached hydrogens (primary N) is 1. The molecule has 19 heavy (non-hydrogen) atoms. The third-order valence-corrected chi connectivity index (χ3v) is 4.07. The maximum absolute atomic E-state index is 11.8. The lowest BCUT2D eigenvalue weighted by Gasteiger charge is -2.26. The smallest absolute Gasteiger partial charge is 0.224 e.